The number of carbonyl (C=O) groups excluding carboxylic acids is 3. The van der Waals surface area contributed by atoms with Crippen molar-refractivity contribution in [3.8, 4) is 0 Å². The second-order valence-corrected chi connectivity index (χ2v) is 8.07. The fourth-order valence-electron chi connectivity index (χ4n) is 3.14. The third-order valence-corrected chi connectivity index (χ3v) is 5.46. The number of hydrogen-bond acceptors (Lipinski definition) is 7. The van der Waals surface area contributed by atoms with Crippen LogP contribution in [0.25, 0.3) is 10.9 Å². The fourth-order valence-corrected chi connectivity index (χ4v) is 3.30. The van der Waals surface area contributed by atoms with Crippen LogP contribution in [-0.2, 0) is 25.6 Å². The molecule has 8 N–H and O–H groups in total. The molecule has 2 rings (SSSR count). The first-order chi connectivity index (χ1) is 15.5. The minimum absolute atomic E-state index is 0.0323. The summed E-state index contributed by atoms with van der Waals surface area (Å²) in [7, 11) is 0. The van der Waals surface area contributed by atoms with Gasteiger partial charge in [-0.05, 0) is 25.5 Å². The van der Waals surface area contributed by atoms with Gasteiger partial charge in [0.2, 0.25) is 17.7 Å². The standard InChI is InChI=1S/C21H29N5O6S/c1-10(24-19(29)14(22)9-33)18(28)25-16(20(30)26-17(11(2)27)21(31)32)7-12-8-23-15-6-4-3-5-13(12)15/h3-6,8,10-11,14,16-17,23,27,33H,7,9,22H2,1-2H3,(H,24,29)(H,25,28)(H,26,30)(H,31,32). The molecule has 180 valence electrons. The molecule has 0 aliphatic heterocycles. The zero-order valence-corrected chi connectivity index (χ0v) is 19.1. The van der Waals surface area contributed by atoms with Crippen LogP contribution in [0.3, 0.4) is 0 Å². The van der Waals surface area contributed by atoms with E-state index in [9.17, 15) is 29.4 Å². The van der Waals surface area contributed by atoms with Gasteiger partial charge in [0.15, 0.2) is 6.04 Å². The van der Waals surface area contributed by atoms with Gasteiger partial charge in [-0.2, -0.15) is 12.6 Å². The van der Waals surface area contributed by atoms with Crippen LogP contribution < -0.4 is 21.7 Å². The SMILES string of the molecule is CC(NC(=O)C(N)CS)C(=O)NC(Cc1c[nH]c2ccccc12)C(=O)NC(C(=O)O)C(C)O. The Balaban J connectivity index is 2.24. The molecule has 11 nitrogen and oxygen atoms in total. The molecule has 5 atom stereocenters. The number of nitrogens with one attached hydrogen (secondary N) is 4. The first-order valence-electron chi connectivity index (χ1n) is 10.3. The first-order valence-corrected chi connectivity index (χ1v) is 10.9. The van der Waals surface area contributed by atoms with Gasteiger partial charge in [-0.3, -0.25) is 14.4 Å². The van der Waals surface area contributed by atoms with E-state index in [4.69, 9.17) is 5.73 Å². The van der Waals surface area contributed by atoms with Crippen molar-refractivity contribution in [3.05, 3.63) is 36.0 Å². The molecule has 0 saturated carbocycles. The van der Waals surface area contributed by atoms with Crippen LogP contribution >= 0.6 is 12.6 Å². The number of aromatic amines is 1. The van der Waals surface area contributed by atoms with E-state index in [1.807, 2.05) is 24.3 Å². The highest BCUT2D eigenvalue weighted by Crippen LogP contribution is 2.19. The smallest absolute Gasteiger partial charge is 0.328 e. The number of aliphatic hydroxyl groups is 1. The Kier molecular flexibility index (Phi) is 9.26. The van der Waals surface area contributed by atoms with E-state index in [1.54, 1.807) is 6.20 Å². The predicted octanol–water partition coefficient (Wildman–Crippen LogP) is -1.09. The highest BCUT2D eigenvalue weighted by atomic mass is 32.1. The van der Waals surface area contributed by atoms with Crippen LogP contribution in [0.1, 0.15) is 19.4 Å². The molecule has 0 aliphatic rings. The van der Waals surface area contributed by atoms with Crippen LogP contribution in [0.4, 0.5) is 0 Å². The topological polar surface area (TPSA) is 187 Å². The highest BCUT2D eigenvalue weighted by molar-refractivity contribution is 7.80. The molecular weight excluding hydrogens is 450 g/mol. The van der Waals surface area contributed by atoms with Gasteiger partial charge in [-0.15, -0.1) is 0 Å². The summed E-state index contributed by atoms with van der Waals surface area (Å²) in [5.41, 5.74) is 7.14. The molecule has 0 spiro atoms. The van der Waals surface area contributed by atoms with Crippen molar-refractivity contribution in [3.63, 3.8) is 0 Å². The van der Waals surface area contributed by atoms with Gasteiger partial charge in [0.25, 0.3) is 0 Å². The number of rotatable bonds is 11. The Morgan fingerprint density at radius 3 is 2.33 bits per heavy atom. The molecule has 12 heteroatoms. The summed E-state index contributed by atoms with van der Waals surface area (Å²) in [5.74, 6) is -3.38. The quantitative estimate of drug-likeness (QED) is 0.188. The Morgan fingerprint density at radius 2 is 1.73 bits per heavy atom. The van der Waals surface area contributed by atoms with Gasteiger partial charge >= 0.3 is 5.97 Å². The minimum atomic E-state index is -1.56. The maximum Gasteiger partial charge on any atom is 0.328 e. The number of H-pyrrole nitrogens is 1. The molecule has 0 fully saturated rings. The first kappa shape index (κ1) is 26.2. The summed E-state index contributed by atoms with van der Waals surface area (Å²) < 4.78 is 0. The number of benzene rings is 1. The number of carboxylic acids is 1. The lowest BCUT2D eigenvalue weighted by Crippen LogP contribution is -2.58. The monoisotopic (exact) mass is 479 g/mol. The van der Waals surface area contributed by atoms with Crippen molar-refractivity contribution in [2.75, 3.05) is 5.75 Å². The van der Waals surface area contributed by atoms with Crippen molar-refractivity contribution in [1.29, 1.82) is 0 Å². The van der Waals surface area contributed by atoms with Crippen LogP contribution in [-0.4, -0.2) is 74.9 Å². The number of hydrogen-bond donors (Lipinski definition) is 8. The van der Waals surface area contributed by atoms with Gasteiger partial charge < -0.3 is 36.9 Å². The number of aromatic nitrogens is 1. The van der Waals surface area contributed by atoms with Crippen molar-refractivity contribution in [2.24, 2.45) is 5.73 Å². The maximum absolute atomic E-state index is 12.9. The Labute approximate surface area is 195 Å². The Bertz CT molecular complexity index is 1010. The van der Waals surface area contributed by atoms with Gasteiger partial charge in [0.1, 0.15) is 12.1 Å². The summed E-state index contributed by atoms with van der Waals surface area (Å²) in [6, 6.07) is 2.68. The summed E-state index contributed by atoms with van der Waals surface area (Å²) in [6.45, 7) is 2.66. The largest absolute Gasteiger partial charge is 0.480 e. The third kappa shape index (κ3) is 6.94. The van der Waals surface area contributed by atoms with Gasteiger partial charge in [-0.25, -0.2) is 4.79 Å². The van der Waals surface area contributed by atoms with Crippen LogP contribution in [0.5, 0.6) is 0 Å². The van der Waals surface area contributed by atoms with E-state index in [2.05, 4.69) is 33.6 Å². The molecule has 1 aromatic heterocycles. The zero-order valence-electron chi connectivity index (χ0n) is 18.2. The molecule has 1 aromatic carbocycles. The number of thiol groups is 1. The molecular formula is C21H29N5O6S. The maximum atomic E-state index is 12.9. The second-order valence-electron chi connectivity index (χ2n) is 7.71. The second kappa shape index (κ2) is 11.7. The molecule has 5 unspecified atom stereocenters. The predicted molar refractivity (Wildman–Crippen MR) is 125 cm³/mol. The van der Waals surface area contributed by atoms with Crippen LogP contribution in [0, 0.1) is 0 Å². The van der Waals surface area contributed by atoms with Gasteiger partial charge in [0, 0.05) is 29.3 Å². The molecule has 0 radical (unpaired) electrons. The van der Waals surface area contributed by atoms with Crippen molar-refractivity contribution in [2.45, 2.75) is 50.5 Å². The number of nitrogens with two attached hydrogens (primary N) is 1. The Hall–Kier alpha value is -3.09. The average molecular weight is 480 g/mol. The van der Waals surface area contributed by atoms with Crippen LogP contribution in [0.15, 0.2) is 30.5 Å². The highest BCUT2D eigenvalue weighted by Gasteiger charge is 2.31. The van der Waals surface area contributed by atoms with E-state index in [-0.39, 0.29) is 12.2 Å². The zero-order chi connectivity index (χ0) is 24.7. The van der Waals surface area contributed by atoms with Gasteiger partial charge in [-0.1, -0.05) is 18.2 Å². The van der Waals surface area contributed by atoms with E-state index in [0.29, 0.717) is 5.56 Å². The molecule has 3 amide bonds. The van der Waals surface area contributed by atoms with Crippen LogP contribution in [0.2, 0.25) is 0 Å². The number of amides is 3. The summed E-state index contributed by atoms with van der Waals surface area (Å²) in [5, 5.41) is 27.1. The van der Waals surface area contributed by atoms with Gasteiger partial charge in [0.05, 0.1) is 12.1 Å². The van der Waals surface area contributed by atoms with E-state index < -0.39 is 54.0 Å². The number of aliphatic carboxylic acids is 1. The van der Waals surface area contributed by atoms with Crippen molar-refractivity contribution in [1.82, 2.24) is 20.9 Å². The summed E-state index contributed by atoms with van der Waals surface area (Å²) in [4.78, 5) is 52.1. The molecule has 2 aromatic rings. The van der Waals surface area contributed by atoms with Crippen molar-refractivity contribution >= 4 is 47.2 Å². The number of carboxylic acid groups (broad SMARTS) is 1. The van der Waals surface area contributed by atoms with Crippen molar-refractivity contribution < 1.29 is 29.4 Å². The lowest BCUT2D eigenvalue weighted by atomic mass is 10.0. The number of carbonyl (C=O) groups is 4. The summed E-state index contributed by atoms with van der Waals surface area (Å²) in [6.07, 6.45) is 0.360. The number of aliphatic hydroxyl groups excluding tert-OH is 1. The molecule has 33 heavy (non-hydrogen) atoms. The molecule has 1 heterocycles. The third-order valence-electron chi connectivity index (χ3n) is 5.06. The summed E-state index contributed by atoms with van der Waals surface area (Å²) >= 11 is 3.94. The molecule has 0 bridgehead atoms. The number of para-hydroxylation sites is 1. The lowest BCUT2D eigenvalue weighted by Gasteiger charge is -2.24. The number of fused-ring (bicyclic) bond motifs is 1. The van der Waals surface area contributed by atoms with E-state index >= 15 is 0 Å². The van der Waals surface area contributed by atoms with E-state index in [1.165, 1.54) is 13.8 Å². The molecule has 0 saturated heterocycles. The van der Waals surface area contributed by atoms with E-state index in [0.717, 1.165) is 10.9 Å². The Morgan fingerprint density at radius 1 is 1.06 bits per heavy atom. The average Bonchev–Trinajstić information content (AvgIpc) is 3.18. The fraction of sp³-hybridized carbons (Fsp3) is 0.429. The minimum Gasteiger partial charge on any atom is -0.480 e. The lowest BCUT2D eigenvalue weighted by molar-refractivity contribution is -0.145. The normalized spacial score (nSPS) is 15.7. The molecule has 0 aliphatic carbocycles.